The van der Waals surface area contributed by atoms with Crippen LogP contribution in [0.5, 0.6) is 0 Å². The number of nitrogens with zero attached hydrogens (tertiary/aromatic N) is 4. The zero-order valence-electron chi connectivity index (χ0n) is 19.1. The quantitative estimate of drug-likeness (QED) is 0.216. The van der Waals surface area contributed by atoms with Gasteiger partial charge in [0.05, 0.1) is 6.17 Å². The number of aromatic nitrogens is 2. The molecule has 4 aromatic carbocycles. The van der Waals surface area contributed by atoms with E-state index >= 15 is 0 Å². The summed E-state index contributed by atoms with van der Waals surface area (Å²) in [4.78, 5) is 4.72. The average molecular weight is 634 g/mol. The molecule has 1 aliphatic heterocycles. The molecule has 0 amide bonds. The van der Waals surface area contributed by atoms with Gasteiger partial charge in [0, 0.05) is 18.1 Å². The maximum absolute atomic E-state index is 4.07. The van der Waals surface area contributed by atoms with Crippen LogP contribution in [0, 0.1) is 18.7 Å². The molecule has 1 aliphatic rings. The van der Waals surface area contributed by atoms with E-state index in [0.29, 0.717) is 0 Å². The monoisotopic (exact) mass is 634 g/mol. The number of hydrogen-bond acceptors (Lipinski definition) is 3. The van der Waals surface area contributed by atoms with Gasteiger partial charge in [-0.2, -0.15) is 59.7 Å². The molecule has 1 fully saturated rings. The number of rotatable bonds is 4. The van der Waals surface area contributed by atoms with Crippen molar-refractivity contribution in [2.45, 2.75) is 6.17 Å². The summed E-state index contributed by atoms with van der Waals surface area (Å²) < 4.78 is 1.78. The molecular weight excluding hydrogens is 609 g/mol. The summed E-state index contributed by atoms with van der Waals surface area (Å²) in [7, 11) is 0. The predicted molar refractivity (Wildman–Crippen MR) is 137 cm³/mol. The van der Waals surface area contributed by atoms with E-state index < -0.39 is 0 Å². The molecule has 174 valence electrons. The summed E-state index contributed by atoms with van der Waals surface area (Å²) in [6.07, 6.45) is 3.80. The van der Waals surface area contributed by atoms with E-state index in [0.717, 1.165) is 17.9 Å². The minimum atomic E-state index is 0. The summed E-state index contributed by atoms with van der Waals surface area (Å²) in [5, 5.41) is 4.07. The van der Waals surface area contributed by atoms with E-state index in [-0.39, 0.29) is 26.3 Å². The van der Waals surface area contributed by atoms with Crippen molar-refractivity contribution in [2.24, 2.45) is 0 Å². The molecule has 6 rings (SSSR count). The van der Waals surface area contributed by atoms with E-state index in [1.165, 1.54) is 11.3 Å². The van der Waals surface area contributed by atoms with Crippen molar-refractivity contribution in [3.05, 3.63) is 152 Å². The normalized spacial score (nSPS) is 14.6. The Morgan fingerprint density at radius 3 is 1.94 bits per heavy atom. The Hall–Kier alpha value is -3.66. The van der Waals surface area contributed by atoms with Crippen LogP contribution < -0.4 is 9.80 Å². The van der Waals surface area contributed by atoms with E-state index in [4.69, 9.17) is 0 Å². The van der Waals surface area contributed by atoms with Gasteiger partial charge in [-0.25, -0.2) is 6.54 Å². The van der Waals surface area contributed by atoms with Gasteiger partial charge in [0.25, 0.3) is 0 Å². The van der Waals surface area contributed by atoms with Crippen LogP contribution in [-0.2, 0) is 20.1 Å². The number of anilines is 2. The third-order valence-electron chi connectivity index (χ3n) is 5.63. The average Bonchev–Trinajstić information content (AvgIpc) is 3.62. The fourth-order valence-corrected chi connectivity index (χ4v) is 4.07. The Bertz CT molecular complexity index is 1200. The van der Waals surface area contributed by atoms with Crippen LogP contribution in [0.3, 0.4) is 0 Å². The second-order valence-electron chi connectivity index (χ2n) is 7.81. The second-order valence-corrected chi connectivity index (χ2v) is 7.81. The molecule has 5 heteroatoms. The molecule has 0 saturated carbocycles. The molecule has 0 bridgehead atoms. The molecule has 4 nitrogen and oxygen atoms in total. The van der Waals surface area contributed by atoms with Crippen LogP contribution in [-0.4, -0.2) is 16.3 Å². The molecule has 1 aromatic heterocycles. The molecule has 5 aromatic rings. The van der Waals surface area contributed by atoms with Crippen molar-refractivity contribution in [1.29, 1.82) is 0 Å². The van der Waals surface area contributed by atoms with Crippen molar-refractivity contribution in [2.75, 3.05) is 16.3 Å². The van der Waals surface area contributed by atoms with Gasteiger partial charge in [0.2, 0.25) is 0 Å². The number of para-hydroxylation sites is 3. The first-order chi connectivity index (χ1) is 16.9. The fraction of sp³-hybridized carbons (Fsp3) is 0.0667. The third kappa shape index (κ3) is 5.89. The van der Waals surface area contributed by atoms with Gasteiger partial charge < -0.3 is 9.80 Å². The van der Waals surface area contributed by atoms with Crippen LogP contribution in [0.4, 0.5) is 11.4 Å². The minimum absolute atomic E-state index is 0. The number of benzene rings is 4. The molecular formula is C30H25IrN4. The molecule has 0 aliphatic carbocycles. The summed E-state index contributed by atoms with van der Waals surface area (Å²) in [5.41, 5.74) is 4.58. The Morgan fingerprint density at radius 1 is 0.714 bits per heavy atom. The minimum Gasteiger partial charge on any atom is -0.519 e. The van der Waals surface area contributed by atoms with E-state index in [1.807, 2.05) is 48.7 Å². The third-order valence-corrected chi connectivity index (χ3v) is 5.63. The van der Waals surface area contributed by atoms with Gasteiger partial charge in [-0.1, -0.05) is 55.1 Å². The molecule has 0 spiro atoms. The summed E-state index contributed by atoms with van der Waals surface area (Å²) in [5.74, 6) is 0. The van der Waals surface area contributed by atoms with Gasteiger partial charge in [-0.15, -0.1) is 11.8 Å². The van der Waals surface area contributed by atoms with E-state index in [1.54, 1.807) is 10.9 Å². The molecule has 35 heavy (non-hydrogen) atoms. The smallest absolute Gasteiger partial charge is 0.519 e. The molecule has 1 saturated heterocycles. The predicted octanol–water partition coefficient (Wildman–Crippen LogP) is 6.34. The van der Waals surface area contributed by atoms with Crippen molar-refractivity contribution in [3.8, 4) is 5.69 Å². The molecule has 2 heterocycles. The zero-order valence-corrected chi connectivity index (χ0v) is 21.5. The van der Waals surface area contributed by atoms with Crippen LogP contribution in [0.25, 0.3) is 5.69 Å². The first-order valence-corrected chi connectivity index (χ1v) is 11.3. The van der Waals surface area contributed by atoms with Gasteiger partial charge >= 0.3 is 20.1 Å². The van der Waals surface area contributed by atoms with Crippen molar-refractivity contribution in [1.82, 2.24) is 9.78 Å². The van der Waals surface area contributed by atoms with Crippen LogP contribution >= 0.6 is 0 Å². The Morgan fingerprint density at radius 2 is 1.34 bits per heavy atom. The Labute approximate surface area is 220 Å². The zero-order chi connectivity index (χ0) is 23.0. The topological polar surface area (TPSA) is 24.3 Å². The fourth-order valence-electron chi connectivity index (χ4n) is 4.07. The van der Waals surface area contributed by atoms with Gasteiger partial charge in [0.15, 0.2) is 0 Å². The summed E-state index contributed by atoms with van der Waals surface area (Å²) in [6.45, 7) is 3.13. The van der Waals surface area contributed by atoms with Crippen LogP contribution in [0.1, 0.15) is 11.7 Å². The molecule has 0 radical (unpaired) electrons. The summed E-state index contributed by atoms with van der Waals surface area (Å²) >= 11 is 0. The van der Waals surface area contributed by atoms with Gasteiger partial charge in [-0.3, -0.25) is 4.68 Å². The van der Waals surface area contributed by atoms with Gasteiger partial charge in [-0.05, 0) is 29.4 Å². The first kappa shape index (κ1) is 24.5. The van der Waals surface area contributed by atoms with E-state index in [2.05, 4.69) is 106 Å². The molecule has 1 atom stereocenters. The van der Waals surface area contributed by atoms with Crippen molar-refractivity contribution >= 4 is 11.4 Å². The maximum atomic E-state index is 4.07. The van der Waals surface area contributed by atoms with Crippen molar-refractivity contribution in [3.63, 3.8) is 0 Å². The Balaban J connectivity index is 0.000000203. The number of hydrogen-bond donors (Lipinski definition) is 0. The van der Waals surface area contributed by atoms with Crippen LogP contribution in [0.15, 0.2) is 128 Å². The maximum Gasteiger partial charge on any atom is 3.00 e. The first-order valence-electron chi connectivity index (χ1n) is 11.3. The van der Waals surface area contributed by atoms with Gasteiger partial charge in [0.1, 0.15) is 0 Å². The van der Waals surface area contributed by atoms with Crippen LogP contribution in [0.2, 0.25) is 0 Å². The van der Waals surface area contributed by atoms with Crippen molar-refractivity contribution < 1.29 is 20.1 Å². The molecule has 0 N–H and O–H groups in total. The standard InChI is InChI=1S/C21H18N2.C9H7N2.Ir/c1-4-10-18(11-5-1)21-22(19-12-6-2-7-13-19)16-17-23(21)20-14-8-3-9-15-20;1-2-5-9(6-3-1)11-8-4-7-10-11;/h1-14,17,21H,16H2;1-5,7-8H;/q-2;-1;+3. The largest absolute Gasteiger partial charge is 3.00 e. The Kier molecular flexibility index (Phi) is 8.50. The summed E-state index contributed by atoms with van der Waals surface area (Å²) in [6, 6.07) is 45.4. The second kappa shape index (κ2) is 12.2. The van der Waals surface area contributed by atoms with E-state index in [9.17, 15) is 0 Å². The SMILES string of the molecule is [Ir+3].[c-]1ccccc1-n1cccn1.[c-]1ccccc1N1[CH-]CN(c2ccccc2)C1c1ccccc1. The molecule has 1 unspecified atom stereocenters.